The van der Waals surface area contributed by atoms with Crippen LogP contribution >= 0.6 is 0 Å². The van der Waals surface area contributed by atoms with E-state index in [4.69, 9.17) is 9.47 Å². The van der Waals surface area contributed by atoms with Crippen molar-refractivity contribution in [2.75, 3.05) is 14.2 Å². The van der Waals surface area contributed by atoms with Gasteiger partial charge in [0, 0.05) is 33.1 Å². The maximum absolute atomic E-state index is 12.3. The van der Waals surface area contributed by atoms with Crippen molar-refractivity contribution in [3.63, 3.8) is 0 Å². The SMILES string of the molecule is COC(=O)C1=C(C)NC(C)=C(C(=O)OC)C1c1ccccc1[NH+]=O. The molecule has 0 spiro atoms. The van der Waals surface area contributed by atoms with Crippen molar-refractivity contribution >= 4 is 17.6 Å². The molecule has 1 aromatic rings. The lowest BCUT2D eigenvalue weighted by molar-refractivity contribution is -0.380. The minimum absolute atomic E-state index is 0.256. The van der Waals surface area contributed by atoms with E-state index in [2.05, 4.69) is 5.32 Å². The fraction of sp³-hybridized carbons (Fsp3) is 0.294. The molecule has 7 heteroatoms. The largest absolute Gasteiger partial charge is 0.466 e. The molecule has 0 atom stereocenters. The summed E-state index contributed by atoms with van der Waals surface area (Å²) in [7, 11) is 2.53. The highest BCUT2D eigenvalue weighted by Crippen LogP contribution is 2.40. The Balaban J connectivity index is 2.77. The third-order valence-corrected chi connectivity index (χ3v) is 3.95. The molecule has 0 unspecified atom stereocenters. The zero-order valence-electron chi connectivity index (χ0n) is 13.9. The van der Waals surface area contributed by atoms with Gasteiger partial charge in [-0.3, -0.25) is 0 Å². The van der Waals surface area contributed by atoms with Crippen LogP contribution < -0.4 is 10.5 Å². The molecule has 0 amide bonds. The van der Waals surface area contributed by atoms with E-state index in [0.717, 1.165) is 0 Å². The summed E-state index contributed by atoms with van der Waals surface area (Å²) < 4.78 is 9.74. The number of dihydropyridines is 1. The third-order valence-electron chi connectivity index (χ3n) is 3.95. The van der Waals surface area contributed by atoms with E-state index in [1.807, 2.05) is 5.18 Å². The van der Waals surface area contributed by atoms with E-state index in [-0.39, 0.29) is 16.8 Å². The molecule has 1 aliphatic rings. The maximum Gasteiger partial charge on any atom is 0.336 e. The minimum Gasteiger partial charge on any atom is -0.466 e. The van der Waals surface area contributed by atoms with E-state index < -0.39 is 17.9 Å². The summed E-state index contributed by atoms with van der Waals surface area (Å²) in [5, 5.41) is 4.86. The second-order valence-corrected chi connectivity index (χ2v) is 5.31. The number of rotatable bonds is 4. The smallest absolute Gasteiger partial charge is 0.336 e. The highest BCUT2D eigenvalue weighted by Gasteiger charge is 2.39. The molecular weight excluding hydrogens is 312 g/mol. The minimum atomic E-state index is -0.774. The number of para-hydroxylation sites is 1. The van der Waals surface area contributed by atoms with Gasteiger partial charge >= 0.3 is 11.9 Å². The molecule has 0 bridgehead atoms. The molecule has 126 valence electrons. The van der Waals surface area contributed by atoms with Crippen LogP contribution in [-0.4, -0.2) is 26.2 Å². The van der Waals surface area contributed by atoms with Crippen molar-refractivity contribution in [3.8, 4) is 0 Å². The number of allylic oxidation sites excluding steroid dienone is 2. The Morgan fingerprint density at radius 2 is 1.50 bits per heavy atom. The topological polar surface area (TPSA) is 95.7 Å². The van der Waals surface area contributed by atoms with Crippen LogP contribution in [-0.2, 0) is 19.1 Å². The van der Waals surface area contributed by atoms with Gasteiger partial charge in [-0.25, -0.2) is 9.59 Å². The lowest BCUT2D eigenvalue weighted by Gasteiger charge is -2.29. The Kier molecular flexibility index (Phi) is 5.13. The number of esters is 2. The Morgan fingerprint density at radius 3 is 1.96 bits per heavy atom. The number of nitrogens with one attached hydrogen (secondary N) is 2. The van der Waals surface area contributed by atoms with Crippen LogP contribution in [0.25, 0.3) is 0 Å². The first-order valence-corrected chi connectivity index (χ1v) is 7.28. The first-order chi connectivity index (χ1) is 11.5. The highest BCUT2D eigenvalue weighted by atomic mass is 16.5. The summed E-state index contributed by atoms with van der Waals surface area (Å²) in [6.45, 7) is 3.42. The normalized spacial score (nSPS) is 15.0. The van der Waals surface area contributed by atoms with Crippen LogP contribution in [0.1, 0.15) is 25.3 Å². The van der Waals surface area contributed by atoms with Gasteiger partial charge in [-0.15, -0.1) is 0 Å². The van der Waals surface area contributed by atoms with Crippen LogP contribution in [0.3, 0.4) is 0 Å². The maximum atomic E-state index is 12.3. The van der Waals surface area contributed by atoms with Gasteiger partial charge < -0.3 is 14.8 Å². The average molecular weight is 331 g/mol. The third kappa shape index (κ3) is 2.92. The van der Waals surface area contributed by atoms with E-state index >= 15 is 0 Å². The first-order valence-electron chi connectivity index (χ1n) is 7.28. The Bertz CT molecular complexity index is 726. The van der Waals surface area contributed by atoms with Crippen molar-refractivity contribution in [1.29, 1.82) is 0 Å². The first kappa shape index (κ1) is 17.4. The second-order valence-electron chi connectivity index (χ2n) is 5.31. The zero-order valence-corrected chi connectivity index (χ0v) is 13.9. The monoisotopic (exact) mass is 331 g/mol. The Labute approximate surface area is 139 Å². The molecule has 2 rings (SSSR count). The standard InChI is InChI=1S/C17H18N2O5/c1-9-13(16(20)23-3)15(11-7-5-6-8-12(11)19-22)14(10(2)18-9)17(21)24-4/h5-8,15,18H,1-4H3/p+1. The Morgan fingerprint density at radius 1 is 1.00 bits per heavy atom. The van der Waals surface area contributed by atoms with Gasteiger partial charge in [-0.2, -0.15) is 0 Å². The second kappa shape index (κ2) is 7.08. The number of carbonyl (C=O) groups excluding carboxylic acids is 2. The number of carbonyl (C=O) groups is 2. The van der Waals surface area contributed by atoms with Gasteiger partial charge in [-0.05, 0) is 13.8 Å². The molecule has 0 saturated carbocycles. The summed E-state index contributed by atoms with van der Waals surface area (Å²) in [5.74, 6) is -1.94. The quantitative estimate of drug-likeness (QED) is 0.790. The Hall–Kier alpha value is -2.96. The fourth-order valence-corrected chi connectivity index (χ4v) is 2.91. The molecule has 0 aromatic heterocycles. The summed E-state index contributed by atoms with van der Waals surface area (Å²) >= 11 is 0. The van der Waals surface area contributed by atoms with Crippen molar-refractivity contribution in [3.05, 3.63) is 57.3 Å². The number of hydrogen-bond acceptors (Lipinski definition) is 6. The van der Waals surface area contributed by atoms with Crippen LogP contribution in [0.5, 0.6) is 0 Å². The fourth-order valence-electron chi connectivity index (χ4n) is 2.91. The van der Waals surface area contributed by atoms with E-state index in [1.54, 1.807) is 38.1 Å². The molecule has 1 aliphatic heterocycles. The van der Waals surface area contributed by atoms with E-state index in [1.165, 1.54) is 14.2 Å². The van der Waals surface area contributed by atoms with Gasteiger partial charge in [0.25, 0.3) is 5.69 Å². The summed E-state index contributed by atoms with van der Waals surface area (Å²) in [4.78, 5) is 36.0. The van der Waals surface area contributed by atoms with Gasteiger partial charge in [0.1, 0.15) is 0 Å². The molecule has 7 nitrogen and oxygen atoms in total. The van der Waals surface area contributed by atoms with Crippen molar-refractivity contribution in [2.24, 2.45) is 0 Å². The predicted octanol–water partition coefficient (Wildman–Crippen LogP) is 0.746. The number of ether oxygens (including phenoxy) is 2. The van der Waals surface area contributed by atoms with Crippen molar-refractivity contribution in [1.82, 2.24) is 5.32 Å². The molecule has 1 heterocycles. The number of methoxy groups -OCH3 is 2. The van der Waals surface area contributed by atoms with Crippen molar-refractivity contribution in [2.45, 2.75) is 19.8 Å². The van der Waals surface area contributed by atoms with Crippen molar-refractivity contribution < 1.29 is 24.2 Å². The molecule has 0 saturated heterocycles. The molecule has 0 radical (unpaired) electrons. The lowest BCUT2D eigenvalue weighted by atomic mass is 9.80. The van der Waals surface area contributed by atoms with Crippen LogP contribution in [0.4, 0.5) is 5.69 Å². The molecule has 24 heavy (non-hydrogen) atoms. The molecule has 0 fully saturated rings. The molecule has 0 aliphatic carbocycles. The van der Waals surface area contributed by atoms with Crippen LogP contribution in [0, 0.1) is 4.91 Å². The summed E-state index contributed by atoms with van der Waals surface area (Å²) in [5.41, 5.74) is 2.38. The predicted molar refractivity (Wildman–Crippen MR) is 85.7 cm³/mol. The van der Waals surface area contributed by atoms with Gasteiger partial charge in [0.15, 0.2) is 0 Å². The lowest BCUT2D eigenvalue weighted by Crippen LogP contribution is -2.56. The van der Waals surface area contributed by atoms with Crippen LogP contribution in [0.15, 0.2) is 46.8 Å². The van der Waals surface area contributed by atoms with E-state index in [9.17, 15) is 14.5 Å². The number of benzene rings is 1. The van der Waals surface area contributed by atoms with Gasteiger partial charge in [0.05, 0.1) is 31.3 Å². The van der Waals surface area contributed by atoms with Crippen LogP contribution in [0.2, 0.25) is 0 Å². The number of nitroso groups, excluding NO2 is 1. The molecule has 1 aromatic carbocycles. The number of hydrogen-bond donors (Lipinski definition) is 2. The molecular formula is C17H19N2O5+. The highest BCUT2D eigenvalue weighted by molar-refractivity contribution is 6.00. The van der Waals surface area contributed by atoms with Gasteiger partial charge in [0.2, 0.25) is 0 Å². The summed E-state index contributed by atoms with van der Waals surface area (Å²) in [6, 6.07) is 6.68. The molecule has 2 N–H and O–H groups in total. The average Bonchev–Trinajstić information content (AvgIpc) is 2.59. The zero-order chi connectivity index (χ0) is 17.9. The van der Waals surface area contributed by atoms with E-state index in [0.29, 0.717) is 17.0 Å². The summed E-state index contributed by atoms with van der Waals surface area (Å²) in [6.07, 6.45) is 0. The van der Waals surface area contributed by atoms with Gasteiger partial charge in [-0.1, -0.05) is 18.2 Å².